The van der Waals surface area contributed by atoms with E-state index in [9.17, 15) is 4.79 Å². The van der Waals surface area contributed by atoms with Crippen molar-refractivity contribution in [1.29, 1.82) is 0 Å². The molecule has 0 aromatic heterocycles. The number of aliphatic imine (C=N–C) groups is 1. The Morgan fingerprint density at radius 1 is 1.03 bits per heavy atom. The van der Waals surface area contributed by atoms with Crippen molar-refractivity contribution in [3.63, 3.8) is 0 Å². The van der Waals surface area contributed by atoms with Crippen LogP contribution in [0.3, 0.4) is 0 Å². The average molecular weight is 426 g/mol. The van der Waals surface area contributed by atoms with E-state index in [1.54, 1.807) is 0 Å². The number of fused-ring (bicyclic) bond motifs is 1. The second-order valence-corrected chi connectivity index (χ2v) is 8.38. The Bertz CT molecular complexity index is 1250. The number of nitrogens with two attached hydrogens (primary N) is 2. The quantitative estimate of drug-likeness (QED) is 0.482. The highest BCUT2D eigenvalue weighted by atomic mass is 16.5. The van der Waals surface area contributed by atoms with Gasteiger partial charge in [0, 0.05) is 23.2 Å². The van der Waals surface area contributed by atoms with Crippen LogP contribution >= 0.6 is 0 Å². The molecule has 0 saturated heterocycles. The lowest BCUT2D eigenvalue weighted by atomic mass is 9.77. The largest absolute Gasteiger partial charge is 0.457 e. The minimum atomic E-state index is -0.531. The van der Waals surface area contributed by atoms with Crippen LogP contribution in [0.5, 0.6) is 11.5 Å². The Labute approximate surface area is 186 Å². The predicted molar refractivity (Wildman–Crippen MR) is 125 cm³/mol. The van der Waals surface area contributed by atoms with Gasteiger partial charge in [-0.25, -0.2) is 4.58 Å². The second-order valence-electron chi connectivity index (χ2n) is 8.38. The van der Waals surface area contributed by atoms with Crippen LogP contribution in [-0.4, -0.2) is 28.6 Å². The van der Waals surface area contributed by atoms with Gasteiger partial charge in [0.25, 0.3) is 0 Å². The molecule has 0 fully saturated rings. The van der Waals surface area contributed by atoms with Crippen molar-refractivity contribution in [3.05, 3.63) is 90.0 Å². The van der Waals surface area contributed by atoms with E-state index in [0.29, 0.717) is 12.2 Å². The molecule has 0 aliphatic carbocycles. The van der Waals surface area contributed by atoms with Gasteiger partial charge in [-0.15, -0.1) is 0 Å². The number of amidine groups is 1. The SMILES string of the molecule is CC1(c2cccc(N)c2)CCN=C2C(C(N)=O)C(c3ccc(Oc4ccccc4)cc3)=[N+]21. The molecule has 5 rings (SSSR count). The number of ether oxygens (including phenoxy) is 1. The lowest BCUT2D eigenvalue weighted by Crippen LogP contribution is -2.63. The molecule has 2 atom stereocenters. The van der Waals surface area contributed by atoms with E-state index >= 15 is 0 Å². The molecule has 2 aliphatic heterocycles. The molecule has 0 bridgehead atoms. The highest BCUT2D eigenvalue weighted by Crippen LogP contribution is 2.40. The monoisotopic (exact) mass is 425 g/mol. The normalized spacial score (nSPS) is 21.9. The third-order valence-electron chi connectivity index (χ3n) is 6.29. The number of nitrogens with zero attached hydrogens (tertiary/aromatic N) is 2. The number of primary amides is 1. The maximum Gasteiger partial charge on any atom is 0.314 e. The molecule has 160 valence electrons. The van der Waals surface area contributed by atoms with Crippen LogP contribution < -0.4 is 16.2 Å². The lowest BCUT2D eigenvalue weighted by Gasteiger charge is -2.41. The molecule has 0 radical (unpaired) electrons. The molecule has 0 saturated carbocycles. The summed E-state index contributed by atoms with van der Waals surface area (Å²) in [5.74, 6) is 1.30. The molecule has 3 aromatic rings. The maximum atomic E-state index is 12.4. The van der Waals surface area contributed by atoms with Gasteiger partial charge in [0.2, 0.25) is 11.8 Å². The fourth-order valence-corrected chi connectivity index (χ4v) is 4.64. The summed E-state index contributed by atoms with van der Waals surface area (Å²) in [7, 11) is 0. The van der Waals surface area contributed by atoms with Crippen molar-refractivity contribution in [2.45, 2.75) is 18.9 Å². The zero-order chi connectivity index (χ0) is 22.3. The summed E-state index contributed by atoms with van der Waals surface area (Å²) < 4.78 is 8.08. The number of hydrogen-bond acceptors (Lipinski definition) is 4. The van der Waals surface area contributed by atoms with Crippen LogP contribution in [0.15, 0.2) is 83.9 Å². The van der Waals surface area contributed by atoms with Crippen LogP contribution in [-0.2, 0) is 10.3 Å². The molecular weight excluding hydrogens is 400 g/mol. The van der Waals surface area contributed by atoms with Gasteiger partial charge in [-0.05, 0) is 55.5 Å². The minimum Gasteiger partial charge on any atom is -0.457 e. The number of rotatable bonds is 5. The molecule has 6 heteroatoms. The van der Waals surface area contributed by atoms with Gasteiger partial charge in [0.05, 0.1) is 0 Å². The number of carbonyl (C=O) groups is 1. The summed E-state index contributed by atoms with van der Waals surface area (Å²) in [5, 5.41) is 0. The Kier molecular flexibility index (Phi) is 4.78. The zero-order valence-corrected chi connectivity index (χ0v) is 17.9. The summed E-state index contributed by atoms with van der Waals surface area (Å²) in [6.45, 7) is 2.80. The number of para-hydroxylation sites is 1. The number of nitrogen functional groups attached to an aromatic ring is 1. The molecule has 2 aliphatic rings. The highest BCUT2D eigenvalue weighted by Gasteiger charge is 2.58. The van der Waals surface area contributed by atoms with Gasteiger partial charge in [0.1, 0.15) is 29.3 Å². The molecule has 0 spiro atoms. The number of amides is 1. The fourth-order valence-electron chi connectivity index (χ4n) is 4.64. The number of carbonyl (C=O) groups excluding carboxylic acids is 1. The fraction of sp³-hybridized carbons (Fsp3) is 0.192. The standard InChI is InChI=1S/C26H24N4O2/c1-26(18-6-5-7-19(27)16-18)14-15-29-25-22(24(28)31)23(30(25)26)17-10-12-21(13-11-17)32-20-8-3-2-4-9-20/h2-13,16,22H,14-15,27H2,1H3,(H-,28,31)/p+1. The second kappa shape index (κ2) is 7.64. The molecular formula is C26H25N4O2+. The Morgan fingerprint density at radius 3 is 2.44 bits per heavy atom. The minimum absolute atomic E-state index is 0.368. The molecule has 1 amide bonds. The molecule has 3 aromatic carbocycles. The third kappa shape index (κ3) is 3.24. The first-order valence-corrected chi connectivity index (χ1v) is 10.7. The van der Waals surface area contributed by atoms with E-state index in [0.717, 1.165) is 40.6 Å². The van der Waals surface area contributed by atoms with Crippen molar-refractivity contribution in [3.8, 4) is 11.5 Å². The topological polar surface area (TPSA) is 93.7 Å². The van der Waals surface area contributed by atoms with E-state index in [1.807, 2.05) is 72.8 Å². The van der Waals surface area contributed by atoms with Gasteiger partial charge in [-0.3, -0.25) is 4.79 Å². The molecule has 6 nitrogen and oxygen atoms in total. The molecule has 2 unspecified atom stereocenters. The van der Waals surface area contributed by atoms with Crippen LogP contribution in [0.25, 0.3) is 0 Å². The highest BCUT2D eigenvalue weighted by molar-refractivity contribution is 6.29. The summed E-state index contributed by atoms with van der Waals surface area (Å²) in [6.07, 6.45) is 0.810. The average Bonchev–Trinajstić information content (AvgIpc) is 2.76. The third-order valence-corrected chi connectivity index (χ3v) is 6.29. The van der Waals surface area contributed by atoms with Gasteiger partial charge in [-0.2, -0.15) is 0 Å². The van der Waals surface area contributed by atoms with E-state index in [-0.39, 0.29) is 5.54 Å². The van der Waals surface area contributed by atoms with Crippen molar-refractivity contribution >= 4 is 23.1 Å². The Hall–Kier alpha value is -3.93. The Balaban J connectivity index is 1.57. The molecule has 32 heavy (non-hydrogen) atoms. The van der Waals surface area contributed by atoms with E-state index in [4.69, 9.17) is 16.2 Å². The van der Waals surface area contributed by atoms with Gasteiger partial charge in [0.15, 0.2) is 0 Å². The van der Waals surface area contributed by atoms with Gasteiger partial charge >= 0.3 is 5.84 Å². The van der Waals surface area contributed by atoms with Crippen molar-refractivity contribution in [2.24, 2.45) is 16.6 Å². The lowest BCUT2D eigenvalue weighted by molar-refractivity contribution is -0.536. The van der Waals surface area contributed by atoms with Crippen molar-refractivity contribution < 1.29 is 14.1 Å². The molecule has 2 heterocycles. The smallest absolute Gasteiger partial charge is 0.314 e. The first-order chi connectivity index (χ1) is 15.5. The van der Waals surface area contributed by atoms with Gasteiger partial charge in [-0.1, -0.05) is 35.3 Å². The first kappa shape index (κ1) is 20.0. The van der Waals surface area contributed by atoms with Crippen LogP contribution in [0.2, 0.25) is 0 Å². The first-order valence-electron chi connectivity index (χ1n) is 10.7. The van der Waals surface area contributed by atoms with Crippen molar-refractivity contribution in [2.75, 3.05) is 12.3 Å². The van der Waals surface area contributed by atoms with Crippen LogP contribution in [0.1, 0.15) is 24.5 Å². The molecule has 4 N–H and O–H groups in total. The van der Waals surface area contributed by atoms with E-state index < -0.39 is 11.8 Å². The summed E-state index contributed by atoms with van der Waals surface area (Å²) in [5.41, 5.74) is 15.1. The number of benzene rings is 3. The predicted octanol–water partition coefficient (Wildman–Crippen LogP) is 3.70. The number of anilines is 1. The zero-order valence-electron chi connectivity index (χ0n) is 17.9. The van der Waals surface area contributed by atoms with E-state index in [2.05, 4.69) is 22.6 Å². The summed E-state index contributed by atoms with van der Waals surface area (Å²) >= 11 is 0. The Morgan fingerprint density at radius 2 is 1.75 bits per heavy atom. The maximum absolute atomic E-state index is 12.4. The summed E-state index contributed by atoms with van der Waals surface area (Å²) in [4.78, 5) is 17.0. The van der Waals surface area contributed by atoms with Gasteiger partial charge < -0.3 is 16.2 Å². The summed E-state index contributed by atoms with van der Waals surface area (Å²) in [6, 6.07) is 25.3. The van der Waals surface area contributed by atoms with Crippen LogP contribution in [0.4, 0.5) is 5.69 Å². The van der Waals surface area contributed by atoms with Crippen LogP contribution in [0, 0.1) is 5.92 Å². The van der Waals surface area contributed by atoms with Crippen molar-refractivity contribution in [1.82, 2.24) is 0 Å². The van der Waals surface area contributed by atoms with E-state index in [1.165, 1.54) is 0 Å². The number of hydrogen-bond donors (Lipinski definition) is 2.